The van der Waals surface area contributed by atoms with Gasteiger partial charge in [0, 0.05) is 12.5 Å². The van der Waals surface area contributed by atoms with Gasteiger partial charge in [-0.05, 0) is 24.5 Å². The van der Waals surface area contributed by atoms with Gasteiger partial charge in [0.2, 0.25) is 5.91 Å². The predicted molar refractivity (Wildman–Crippen MR) is 59.5 cm³/mol. The van der Waals surface area contributed by atoms with Gasteiger partial charge in [0.05, 0.1) is 6.04 Å². The largest absolute Gasteiger partial charge is 0.354 e. The molecule has 1 amide bonds. The molecule has 0 aromatic heterocycles. The molecule has 1 aromatic rings. The lowest BCUT2D eigenvalue weighted by Crippen LogP contribution is -2.41. The van der Waals surface area contributed by atoms with Gasteiger partial charge in [-0.15, -0.1) is 0 Å². The van der Waals surface area contributed by atoms with Crippen molar-refractivity contribution in [3.05, 3.63) is 35.4 Å². The lowest BCUT2D eigenvalue weighted by Gasteiger charge is -2.30. The first kappa shape index (κ1) is 10.2. The molecule has 3 N–H and O–H groups in total. The fourth-order valence-corrected chi connectivity index (χ4v) is 1.93. The zero-order valence-corrected chi connectivity index (χ0v) is 8.86. The number of amides is 1. The van der Waals surface area contributed by atoms with Gasteiger partial charge in [-0.3, -0.25) is 4.79 Å². The summed E-state index contributed by atoms with van der Waals surface area (Å²) >= 11 is 0. The van der Waals surface area contributed by atoms with Crippen LogP contribution in [0.2, 0.25) is 0 Å². The molecule has 1 aromatic carbocycles. The van der Waals surface area contributed by atoms with Gasteiger partial charge in [0.1, 0.15) is 0 Å². The third-order valence-electron chi connectivity index (χ3n) is 2.90. The molecule has 0 fully saturated rings. The summed E-state index contributed by atoms with van der Waals surface area (Å²) in [6.07, 6.45) is 1.06. The normalized spacial score (nSPS) is 20.0. The van der Waals surface area contributed by atoms with E-state index in [1.165, 1.54) is 11.1 Å². The number of nitrogens with one attached hydrogen (secondary N) is 1. The average Bonchev–Trinajstić information content (AvgIpc) is 2.19. The van der Waals surface area contributed by atoms with Crippen molar-refractivity contribution in [3.8, 4) is 0 Å². The molecule has 3 heteroatoms. The number of hydrogen-bond donors (Lipinski definition) is 2. The highest BCUT2D eigenvalue weighted by Crippen LogP contribution is 2.33. The quantitative estimate of drug-likeness (QED) is 0.764. The van der Waals surface area contributed by atoms with Gasteiger partial charge in [0.15, 0.2) is 0 Å². The number of fused-ring (bicyclic) bond motifs is 1. The standard InChI is InChI=1S/C12H16N2O/c1-8(13)12(15)14-7-10-6-9-4-2-3-5-11(9)10/h2-5,8,10H,6-7,13H2,1H3,(H,14,15)/t8-,10?/m0/s1. The summed E-state index contributed by atoms with van der Waals surface area (Å²) in [6, 6.07) is 7.94. The van der Waals surface area contributed by atoms with Crippen LogP contribution in [0.1, 0.15) is 24.0 Å². The molecule has 1 aliphatic carbocycles. The Bertz CT molecular complexity index is 374. The molecular weight excluding hydrogens is 188 g/mol. The molecule has 0 saturated heterocycles. The van der Waals surface area contributed by atoms with Crippen LogP contribution in [-0.4, -0.2) is 18.5 Å². The van der Waals surface area contributed by atoms with Crippen molar-refractivity contribution in [1.82, 2.24) is 5.32 Å². The first-order chi connectivity index (χ1) is 7.18. The first-order valence-corrected chi connectivity index (χ1v) is 5.29. The zero-order chi connectivity index (χ0) is 10.8. The molecule has 1 aliphatic rings. The number of rotatable bonds is 3. The minimum Gasteiger partial charge on any atom is -0.354 e. The summed E-state index contributed by atoms with van der Waals surface area (Å²) in [4.78, 5) is 11.3. The maximum Gasteiger partial charge on any atom is 0.236 e. The number of benzene rings is 1. The maximum absolute atomic E-state index is 11.3. The van der Waals surface area contributed by atoms with Gasteiger partial charge in [-0.1, -0.05) is 24.3 Å². The summed E-state index contributed by atoms with van der Waals surface area (Å²) in [5.41, 5.74) is 8.23. The molecule has 2 atom stereocenters. The van der Waals surface area contributed by atoms with Crippen LogP contribution in [0.3, 0.4) is 0 Å². The number of carbonyl (C=O) groups excluding carboxylic acids is 1. The summed E-state index contributed by atoms with van der Waals surface area (Å²) in [7, 11) is 0. The van der Waals surface area contributed by atoms with Crippen LogP contribution < -0.4 is 11.1 Å². The minimum atomic E-state index is -0.416. The molecule has 0 aliphatic heterocycles. The van der Waals surface area contributed by atoms with Crippen molar-refractivity contribution in [2.75, 3.05) is 6.54 Å². The topological polar surface area (TPSA) is 55.1 Å². The second-order valence-corrected chi connectivity index (χ2v) is 4.13. The summed E-state index contributed by atoms with van der Waals surface area (Å²) in [5, 5.41) is 2.86. The van der Waals surface area contributed by atoms with Crippen molar-refractivity contribution in [2.24, 2.45) is 5.73 Å². The molecule has 0 spiro atoms. The van der Waals surface area contributed by atoms with E-state index in [-0.39, 0.29) is 5.91 Å². The van der Waals surface area contributed by atoms with E-state index < -0.39 is 6.04 Å². The van der Waals surface area contributed by atoms with Gasteiger partial charge in [-0.25, -0.2) is 0 Å². The second-order valence-electron chi connectivity index (χ2n) is 4.13. The second kappa shape index (κ2) is 4.03. The van der Waals surface area contributed by atoms with Crippen LogP contribution in [0.15, 0.2) is 24.3 Å². The van der Waals surface area contributed by atoms with Gasteiger partial charge in [-0.2, -0.15) is 0 Å². The fraction of sp³-hybridized carbons (Fsp3) is 0.417. The van der Waals surface area contributed by atoms with Crippen LogP contribution in [0.5, 0.6) is 0 Å². The highest BCUT2D eigenvalue weighted by Gasteiger charge is 2.25. The molecule has 2 rings (SSSR count). The lowest BCUT2D eigenvalue weighted by molar-refractivity contribution is -0.122. The summed E-state index contributed by atoms with van der Waals surface area (Å²) in [6.45, 7) is 2.40. The zero-order valence-electron chi connectivity index (χ0n) is 8.86. The molecule has 0 bridgehead atoms. The SMILES string of the molecule is C[C@H](N)C(=O)NCC1Cc2ccccc21. The number of hydrogen-bond acceptors (Lipinski definition) is 2. The van der Waals surface area contributed by atoms with E-state index in [4.69, 9.17) is 5.73 Å². The Morgan fingerprint density at radius 3 is 3.00 bits per heavy atom. The van der Waals surface area contributed by atoms with Crippen LogP contribution in [0.4, 0.5) is 0 Å². The Labute approximate surface area is 89.7 Å². The lowest BCUT2D eigenvalue weighted by atomic mass is 9.77. The van der Waals surface area contributed by atoms with Crippen LogP contribution in [0.25, 0.3) is 0 Å². The predicted octanol–water partition coefficient (Wildman–Crippen LogP) is 0.790. The first-order valence-electron chi connectivity index (χ1n) is 5.29. The summed E-state index contributed by atoms with van der Waals surface area (Å²) < 4.78 is 0. The monoisotopic (exact) mass is 204 g/mol. The minimum absolute atomic E-state index is 0.0700. The van der Waals surface area contributed by atoms with Crippen molar-refractivity contribution in [3.63, 3.8) is 0 Å². The number of nitrogens with two attached hydrogens (primary N) is 1. The Kier molecular flexibility index (Phi) is 2.73. The molecule has 80 valence electrons. The van der Waals surface area contributed by atoms with E-state index in [0.29, 0.717) is 12.5 Å². The molecule has 15 heavy (non-hydrogen) atoms. The smallest absolute Gasteiger partial charge is 0.236 e. The molecular formula is C12H16N2O. The van der Waals surface area contributed by atoms with E-state index in [0.717, 1.165) is 6.42 Å². The third kappa shape index (κ3) is 2.02. The molecule has 3 nitrogen and oxygen atoms in total. The van der Waals surface area contributed by atoms with E-state index in [2.05, 4.69) is 23.5 Å². The molecule has 0 saturated carbocycles. The van der Waals surface area contributed by atoms with E-state index in [1.54, 1.807) is 6.92 Å². The van der Waals surface area contributed by atoms with E-state index in [1.807, 2.05) is 6.07 Å². The van der Waals surface area contributed by atoms with E-state index in [9.17, 15) is 4.79 Å². The van der Waals surface area contributed by atoms with Crippen molar-refractivity contribution < 1.29 is 4.79 Å². The van der Waals surface area contributed by atoms with Crippen molar-refractivity contribution in [2.45, 2.75) is 25.3 Å². The third-order valence-corrected chi connectivity index (χ3v) is 2.90. The van der Waals surface area contributed by atoms with Crippen LogP contribution in [-0.2, 0) is 11.2 Å². The average molecular weight is 204 g/mol. The molecule has 0 heterocycles. The van der Waals surface area contributed by atoms with Gasteiger partial charge < -0.3 is 11.1 Å². The molecule has 0 radical (unpaired) electrons. The fourth-order valence-electron chi connectivity index (χ4n) is 1.93. The Balaban J connectivity index is 1.88. The summed E-state index contributed by atoms with van der Waals surface area (Å²) in [5.74, 6) is 0.406. The van der Waals surface area contributed by atoms with Crippen LogP contribution in [0, 0.1) is 0 Å². The number of carbonyl (C=O) groups is 1. The van der Waals surface area contributed by atoms with Crippen LogP contribution >= 0.6 is 0 Å². The highest BCUT2D eigenvalue weighted by molar-refractivity contribution is 5.81. The van der Waals surface area contributed by atoms with Crippen molar-refractivity contribution >= 4 is 5.91 Å². The Morgan fingerprint density at radius 2 is 2.33 bits per heavy atom. The van der Waals surface area contributed by atoms with Crippen molar-refractivity contribution in [1.29, 1.82) is 0 Å². The van der Waals surface area contributed by atoms with E-state index >= 15 is 0 Å². The maximum atomic E-state index is 11.3. The highest BCUT2D eigenvalue weighted by atomic mass is 16.2. The van der Waals surface area contributed by atoms with Gasteiger partial charge >= 0.3 is 0 Å². The Hall–Kier alpha value is -1.35. The van der Waals surface area contributed by atoms with Gasteiger partial charge in [0.25, 0.3) is 0 Å². The Morgan fingerprint density at radius 1 is 1.60 bits per heavy atom. The molecule has 1 unspecified atom stereocenters.